The number of hydrogen-bond donors (Lipinski definition) is 1. The highest BCUT2D eigenvalue weighted by Gasteiger charge is 2.40. The maximum atomic E-state index is 12.6. The van der Waals surface area contributed by atoms with E-state index in [4.69, 9.17) is 22.1 Å². The molecule has 2 fully saturated rings. The number of hydrogen-bond acceptors (Lipinski definition) is 4. The smallest absolute Gasteiger partial charge is 0.242 e. The molecule has 132 valence electrons. The van der Waals surface area contributed by atoms with Crippen molar-refractivity contribution < 1.29 is 9.53 Å². The van der Waals surface area contributed by atoms with Crippen LogP contribution in [0.4, 0.5) is 0 Å². The van der Waals surface area contributed by atoms with Crippen LogP contribution in [0.15, 0.2) is 24.3 Å². The van der Waals surface area contributed by atoms with Gasteiger partial charge in [-0.05, 0) is 25.0 Å². The molecule has 1 aliphatic carbocycles. The summed E-state index contributed by atoms with van der Waals surface area (Å²) in [6, 6.07) is 7.51. The summed E-state index contributed by atoms with van der Waals surface area (Å²) in [7, 11) is 0. The summed E-state index contributed by atoms with van der Waals surface area (Å²) in [4.78, 5) is 16.9. The van der Waals surface area contributed by atoms with Crippen LogP contribution in [0.2, 0.25) is 5.02 Å². The van der Waals surface area contributed by atoms with Crippen LogP contribution in [0, 0.1) is 0 Å². The zero-order valence-corrected chi connectivity index (χ0v) is 14.8. The standard InChI is InChI=1S/C18H26ClN3O2/c19-15-5-1-2-6-16(15)24-14-13-21-9-11-22(12-10-21)17(23)18(20)7-3-4-8-18/h1-2,5-6H,3-4,7-14,20H2. The molecule has 2 aliphatic rings. The van der Waals surface area contributed by atoms with E-state index in [0.717, 1.165) is 64.2 Å². The molecule has 1 aliphatic heterocycles. The van der Waals surface area contributed by atoms with Gasteiger partial charge >= 0.3 is 0 Å². The maximum Gasteiger partial charge on any atom is 0.242 e. The molecule has 24 heavy (non-hydrogen) atoms. The molecule has 1 aromatic rings. The fraction of sp³-hybridized carbons (Fsp3) is 0.611. The largest absolute Gasteiger partial charge is 0.491 e. The number of ether oxygens (including phenoxy) is 1. The number of amides is 1. The first-order valence-electron chi connectivity index (χ1n) is 8.76. The van der Waals surface area contributed by atoms with E-state index in [9.17, 15) is 4.79 Å². The number of carbonyl (C=O) groups excluding carboxylic acids is 1. The summed E-state index contributed by atoms with van der Waals surface area (Å²) in [6.07, 6.45) is 3.80. The Labute approximate surface area is 148 Å². The van der Waals surface area contributed by atoms with E-state index < -0.39 is 5.54 Å². The van der Waals surface area contributed by atoms with Crippen molar-refractivity contribution in [3.8, 4) is 5.75 Å². The van der Waals surface area contributed by atoms with Gasteiger partial charge in [0.2, 0.25) is 5.91 Å². The van der Waals surface area contributed by atoms with Crippen LogP contribution in [0.5, 0.6) is 5.75 Å². The molecule has 1 aromatic carbocycles. The number of nitrogens with zero attached hydrogens (tertiary/aromatic N) is 2. The van der Waals surface area contributed by atoms with E-state index in [1.807, 2.05) is 29.2 Å². The minimum absolute atomic E-state index is 0.145. The van der Waals surface area contributed by atoms with Gasteiger partial charge in [0.25, 0.3) is 0 Å². The van der Waals surface area contributed by atoms with E-state index >= 15 is 0 Å². The van der Waals surface area contributed by atoms with Crippen molar-refractivity contribution in [1.29, 1.82) is 0 Å². The van der Waals surface area contributed by atoms with Crippen molar-refractivity contribution in [2.45, 2.75) is 31.2 Å². The van der Waals surface area contributed by atoms with Crippen LogP contribution in [-0.2, 0) is 4.79 Å². The average Bonchev–Trinajstić information content (AvgIpc) is 3.04. The number of rotatable bonds is 5. The number of piperazine rings is 1. The Bertz CT molecular complexity index is 567. The maximum absolute atomic E-state index is 12.6. The lowest BCUT2D eigenvalue weighted by Crippen LogP contribution is -2.58. The molecule has 0 unspecified atom stereocenters. The van der Waals surface area contributed by atoms with Gasteiger partial charge in [-0.15, -0.1) is 0 Å². The summed E-state index contributed by atoms with van der Waals surface area (Å²) in [5.74, 6) is 0.867. The molecule has 6 heteroatoms. The van der Waals surface area contributed by atoms with Gasteiger partial charge in [-0.25, -0.2) is 0 Å². The van der Waals surface area contributed by atoms with Crippen molar-refractivity contribution in [2.24, 2.45) is 5.73 Å². The topological polar surface area (TPSA) is 58.8 Å². The average molecular weight is 352 g/mol. The van der Waals surface area contributed by atoms with Crippen molar-refractivity contribution in [3.05, 3.63) is 29.3 Å². The van der Waals surface area contributed by atoms with E-state index in [2.05, 4.69) is 4.90 Å². The third-order valence-electron chi connectivity index (χ3n) is 5.08. The Balaban J connectivity index is 1.41. The quantitative estimate of drug-likeness (QED) is 0.883. The predicted octanol–water partition coefficient (Wildman–Crippen LogP) is 2.13. The van der Waals surface area contributed by atoms with Gasteiger partial charge < -0.3 is 15.4 Å². The molecular formula is C18H26ClN3O2. The summed E-state index contributed by atoms with van der Waals surface area (Å²) in [5, 5.41) is 0.637. The number of carbonyl (C=O) groups is 1. The first-order chi connectivity index (χ1) is 11.6. The molecule has 1 saturated carbocycles. The van der Waals surface area contributed by atoms with Gasteiger partial charge in [-0.3, -0.25) is 9.69 Å². The van der Waals surface area contributed by atoms with Crippen LogP contribution in [-0.4, -0.2) is 60.6 Å². The molecule has 1 amide bonds. The zero-order valence-electron chi connectivity index (χ0n) is 14.0. The van der Waals surface area contributed by atoms with E-state index in [1.165, 1.54) is 0 Å². The second-order valence-electron chi connectivity index (χ2n) is 6.78. The van der Waals surface area contributed by atoms with Gasteiger partial charge in [-0.1, -0.05) is 36.6 Å². The zero-order chi connectivity index (χ0) is 17.0. The summed E-state index contributed by atoms with van der Waals surface area (Å²) in [5.41, 5.74) is 5.69. The molecule has 0 spiro atoms. The molecule has 2 N–H and O–H groups in total. The number of benzene rings is 1. The molecule has 0 bridgehead atoms. The number of nitrogens with two attached hydrogens (primary N) is 1. The summed E-state index contributed by atoms with van der Waals surface area (Å²) in [6.45, 7) is 4.68. The first kappa shape index (κ1) is 17.5. The normalized spacial score (nSPS) is 21.0. The van der Waals surface area contributed by atoms with E-state index in [-0.39, 0.29) is 5.91 Å². The first-order valence-corrected chi connectivity index (χ1v) is 9.14. The van der Waals surface area contributed by atoms with Gasteiger partial charge in [0.05, 0.1) is 10.6 Å². The second kappa shape index (κ2) is 7.72. The minimum atomic E-state index is -0.602. The third-order valence-corrected chi connectivity index (χ3v) is 5.40. The van der Waals surface area contributed by atoms with E-state index in [0.29, 0.717) is 11.6 Å². The monoisotopic (exact) mass is 351 g/mol. The highest BCUT2D eigenvalue weighted by molar-refractivity contribution is 6.32. The Morgan fingerprint density at radius 1 is 1.17 bits per heavy atom. The SMILES string of the molecule is NC1(C(=O)N2CCN(CCOc3ccccc3Cl)CC2)CCCC1. The van der Waals surface area contributed by atoms with Crippen molar-refractivity contribution in [2.75, 3.05) is 39.3 Å². The van der Waals surface area contributed by atoms with Gasteiger partial charge in [-0.2, -0.15) is 0 Å². The lowest BCUT2D eigenvalue weighted by molar-refractivity contribution is -0.138. The third kappa shape index (κ3) is 4.02. The predicted molar refractivity (Wildman–Crippen MR) is 95.4 cm³/mol. The lowest BCUT2D eigenvalue weighted by Gasteiger charge is -2.38. The highest BCUT2D eigenvalue weighted by Crippen LogP contribution is 2.29. The van der Waals surface area contributed by atoms with Crippen LogP contribution in [0.25, 0.3) is 0 Å². The molecule has 0 aromatic heterocycles. The Morgan fingerprint density at radius 2 is 1.83 bits per heavy atom. The Kier molecular flexibility index (Phi) is 5.64. The second-order valence-corrected chi connectivity index (χ2v) is 7.18. The molecule has 1 saturated heterocycles. The highest BCUT2D eigenvalue weighted by atomic mass is 35.5. The van der Waals surface area contributed by atoms with Crippen LogP contribution >= 0.6 is 11.6 Å². The van der Waals surface area contributed by atoms with Gasteiger partial charge in [0, 0.05) is 32.7 Å². The van der Waals surface area contributed by atoms with Crippen LogP contribution in [0.1, 0.15) is 25.7 Å². The Hall–Kier alpha value is -1.30. The fourth-order valence-corrected chi connectivity index (χ4v) is 3.75. The summed E-state index contributed by atoms with van der Waals surface area (Å²) < 4.78 is 5.74. The van der Waals surface area contributed by atoms with Crippen LogP contribution < -0.4 is 10.5 Å². The number of para-hydroxylation sites is 1. The molecule has 1 heterocycles. The lowest BCUT2D eigenvalue weighted by atomic mass is 9.97. The fourth-order valence-electron chi connectivity index (χ4n) is 3.56. The number of halogens is 1. The molecule has 5 nitrogen and oxygen atoms in total. The Morgan fingerprint density at radius 3 is 2.50 bits per heavy atom. The van der Waals surface area contributed by atoms with Crippen molar-refractivity contribution >= 4 is 17.5 Å². The molecule has 3 rings (SSSR count). The van der Waals surface area contributed by atoms with E-state index in [1.54, 1.807) is 0 Å². The van der Waals surface area contributed by atoms with Gasteiger partial charge in [0.15, 0.2) is 0 Å². The minimum Gasteiger partial charge on any atom is -0.491 e. The molecule has 0 radical (unpaired) electrons. The van der Waals surface area contributed by atoms with Gasteiger partial charge in [0.1, 0.15) is 12.4 Å². The summed E-state index contributed by atoms with van der Waals surface area (Å²) >= 11 is 6.08. The van der Waals surface area contributed by atoms with Crippen molar-refractivity contribution in [1.82, 2.24) is 9.80 Å². The van der Waals surface area contributed by atoms with Crippen molar-refractivity contribution in [3.63, 3.8) is 0 Å². The molecular weight excluding hydrogens is 326 g/mol. The van der Waals surface area contributed by atoms with Crippen LogP contribution in [0.3, 0.4) is 0 Å². The molecule has 0 atom stereocenters.